The number of hydrogen-bond donors (Lipinski definition) is 2. The summed E-state index contributed by atoms with van der Waals surface area (Å²) in [4.78, 5) is 0. The smallest absolute Gasteiger partial charge is 0.115 e. The quantitative estimate of drug-likeness (QED) is 0.594. The predicted molar refractivity (Wildman–Crippen MR) is 43.2 cm³/mol. The maximum Gasteiger partial charge on any atom is 0.115 e. The largest absolute Gasteiger partial charge is 0.368 e. The van der Waals surface area contributed by atoms with E-state index in [-0.39, 0.29) is 6.17 Å². The Balaban J connectivity index is 2.37. The lowest BCUT2D eigenvalue weighted by Gasteiger charge is -2.17. The van der Waals surface area contributed by atoms with E-state index in [0.29, 0.717) is 0 Å². The third-order valence-electron chi connectivity index (χ3n) is 1.19. The summed E-state index contributed by atoms with van der Waals surface area (Å²) in [6, 6.07) is 0. The molecule has 0 saturated heterocycles. The minimum Gasteiger partial charge on any atom is -0.368 e. The van der Waals surface area contributed by atoms with Crippen molar-refractivity contribution in [2.75, 3.05) is 0 Å². The van der Waals surface area contributed by atoms with Crippen molar-refractivity contribution in [1.29, 1.82) is 0 Å². The van der Waals surface area contributed by atoms with Gasteiger partial charge >= 0.3 is 0 Å². The van der Waals surface area contributed by atoms with Gasteiger partial charge < -0.3 is 10.6 Å². The second-order valence-corrected chi connectivity index (χ2v) is 2.31. The first-order valence-corrected chi connectivity index (χ1v) is 3.30. The van der Waals surface area contributed by atoms with Crippen molar-refractivity contribution in [3.8, 4) is 0 Å². The molecule has 0 aromatic heterocycles. The molecule has 0 aromatic rings. The van der Waals surface area contributed by atoms with Crippen LogP contribution < -0.4 is 10.6 Å². The molecule has 0 bridgehead atoms. The van der Waals surface area contributed by atoms with Gasteiger partial charge in [-0.2, -0.15) is 0 Å². The van der Waals surface area contributed by atoms with Crippen molar-refractivity contribution in [3.63, 3.8) is 0 Å². The molecule has 2 heteroatoms. The predicted octanol–water partition coefficient (Wildman–Crippen LogP) is 1.11. The van der Waals surface area contributed by atoms with Crippen LogP contribution in [0.1, 0.15) is 6.92 Å². The zero-order chi connectivity index (χ0) is 7.40. The van der Waals surface area contributed by atoms with Gasteiger partial charge in [-0.1, -0.05) is 12.7 Å². The molecule has 1 atom stereocenters. The van der Waals surface area contributed by atoms with Gasteiger partial charge in [0.15, 0.2) is 0 Å². The molecule has 1 unspecified atom stereocenters. The standard InChI is InChI=1S/C8H12N2/c1-7(2)10-8-5-3-4-6-9-8/h3-6,8-10H,1H2,2H3. The Morgan fingerprint density at radius 3 is 2.90 bits per heavy atom. The molecule has 0 aliphatic carbocycles. The number of hydrogen-bond acceptors (Lipinski definition) is 2. The van der Waals surface area contributed by atoms with Crippen molar-refractivity contribution in [3.05, 3.63) is 36.7 Å². The van der Waals surface area contributed by atoms with Crippen molar-refractivity contribution < 1.29 is 0 Å². The summed E-state index contributed by atoms with van der Waals surface area (Å²) in [7, 11) is 0. The molecule has 0 aromatic carbocycles. The molecular formula is C8H12N2. The highest BCUT2D eigenvalue weighted by Crippen LogP contribution is 1.92. The molecule has 2 nitrogen and oxygen atoms in total. The molecule has 0 fully saturated rings. The summed E-state index contributed by atoms with van der Waals surface area (Å²) in [5.74, 6) is 0. The SMILES string of the molecule is C=C(C)NC1C=CC=CN1. The van der Waals surface area contributed by atoms with Crippen LogP contribution in [0, 0.1) is 0 Å². The van der Waals surface area contributed by atoms with Gasteiger partial charge in [0.2, 0.25) is 0 Å². The highest BCUT2D eigenvalue weighted by molar-refractivity contribution is 5.12. The molecule has 0 spiro atoms. The van der Waals surface area contributed by atoms with Gasteiger partial charge in [-0.05, 0) is 25.3 Å². The molecule has 1 heterocycles. The van der Waals surface area contributed by atoms with E-state index in [1.54, 1.807) is 0 Å². The number of nitrogens with one attached hydrogen (secondary N) is 2. The fourth-order valence-electron chi connectivity index (χ4n) is 0.801. The maximum absolute atomic E-state index is 3.74. The molecule has 0 radical (unpaired) electrons. The summed E-state index contributed by atoms with van der Waals surface area (Å²) in [6.45, 7) is 5.68. The Morgan fingerprint density at radius 1 is 1.60 bits per heavy atom. The lowest BCUT2D eigenvalue weighted by Crippen LogP contribution is -2.37. The summed E-state index contributed by atoms with van der Waals surface area (Å²) >= 11 is 0. The third-order valence-corrected chi connectivity index (χ3v) is 1.19. The van der Waals surface area contributed by atoms with E-state index >= 15 is 0 Å². The van der Waals surface area contributed by atoms with Crippen molar-refractivity contribution in [1.82, 2.24) is 10.6 Å². The van der Waals surface area contributed by atoms with E-state index < -0.39 is 0 Å². The molecular weight excluding hydrogens is 124 g/mol. The summed E-state index contributed by atoms with van der Waals surface area (Å²) < 4.78 is 0. The van der Waals surface area contributed by atoms with E-state index in [2.05, 4.69) is 17.2 Å². The Morgan fingerprint density at radius 2 is 2.40 bits per heavy atom. The van der Waals surface area contributed by atoms with E-state index in [1.807, 2.05) is 31.4 Å². The van der Waals surface area contributed by atoms with Gasteiger partial charge in [-0.25, -0.2) is 0 Å². The van der Waals surface area contributed by atoms with Crippen molar-refractivity contribution in [2.24, 2.45) is 0 Å². The normalized spacial score (nSPS) is 21.9. The average molecular weight is 136 g/mol. The van der Waals surface area contributed by atoms with E-state index in [0.717, 1.165) is 5.70 Å². The van der Waals surface area contributed by atoms with Crippen LogP contribution >= 0.6 is 0 Å². The first kappa shape index (κ1) is 6.93. The monoisotopic (exact) mass is 136 g/mol. The highest BCUT2D eigenvalue weighted by Gasteiger charge is 1.99. The lowest BCUT2D eigenvalue weighted by molar-refractivity contribution is 0.610. The molecule has 2 N–H and O–H groups in total. The summed E-state index contributed by atoms with van der Waals surface area (Å²) in [5.41, 5.74) is 0.970. The van der Waals surface area contributed by atoms with Gasteiger partial charge in [0.25, 0.3) is 0 Å². The molecule has 1 aliphatic heterocycles. The van der Waals surface area contributed by atoms with Crippen LogP contribution in [-0.2, 0) is 0 Å². The molecule has 0 amide bonds. The molecule has 10 heavy (non-hydrogen) atoms. The second-order valence-electron chi connectivity index (χ2n) is 2.31. The Bertz CT molecular complexity index is 180. The van der Waals surface area contributed by atoms with Crippen LogP contribution in [0.15, 0.2) is 36.7 Å². The minimum atomic E-state index is 0.211. The maximum atomic E-state index is 3.74. The minimum absolute atomic E-state index is 0.211. The molecule has 1 rings (SSSR count). The van der Waals surface area contributed by atoms with Gasteiger partial charge in [0.1, 0.15) is 6.17 Å². The van der Waals surface area contributed by atoms with Gasteiger partial charge in [0, 0.05) is 5.70 Å². The number of rotatable bonds is 2. The van der Waals surface area contributed by atoms with E-state index in [4.69, 9.17) is 0 Å². The van der Waals surface area contributed by atoms with Crippen LogP contribution in [0.4, 0.5) is 0 Å². The van der Waals surface area contributed by atoms with E-state index in [9.17, 15) is 0 Å². The van der Waals surface area contributed by atoms with Crippen LogP contribution in [-0.4, -0.2) is 6.17 Å². The fourth-order valence-corrected chi connectivity index (χ4v) is 0.801. The summed E-state index contributed by atoms with van der Waals surface area (Å²) in [5, 5.41) is 6.25. The van der Waals surface area contributed by atoms with Crippen LogP contribution in [0.5, 0.6) is 0 Å². The van der Waals surface area contributed by atoms with Crippen LogP contribution in [0.25, 0.3) is 0 Å². The van der Waals surface area contributed by atoms with E-state index in [1.165, 1.54) is 0 Å². The van der Waals surface area contributed by atoms with Crippen molar-refractivity contribution >= 4 is 0 Å². The molecule has 1 aliphatic rings. The van der Waals surface area contributed by atoms with Crippen LogP contribution in [0.2, 0.25) is 0 Å². The Hall–Kier alpha value is -1.18. The zero-order valence-electron chi connectivity index (χ0n) is 6.09. The third kappa shape index (κ3) is 1.97. The topological polar surface area (TPSA) is 24.1 Å². The summed E-state index contributed by atoms with van der Waals surface area (Å²) in [6.07, 6.45) is 8.10. The highest BCUT2D eigenvalue weighted by atomic mass is 15.1. The second kappa shape index (κ2) is 3.11. The zero-order valence-corrected chi connectivity index (χ0v) is 6.09. The molecule has 54 valence electrons. The van der Waals surface area contributed by atoms with Gasteiger partial charge in [-0.15, -0.1) is 0 Å². The van der Waals surface area contributed by atoms with Gasteiger partial charge in [0.05, 0.1) is 0 Å². The number of dihydropyridines is 1. The Kier molecular flexibility index (Phi) is 2.15. The first-order chi connectivity index (χ1) is 4.79. The fraction of sp³-hybridized carbons (Fsp3) is 0.250. The number of allylic oxidation sites excluding steroid dienone is 3. The Labute approximate surface area is 61.3 Å². The van der Waals surface area contributed by atoms with Crippen molar-refractivity contribution in [2.45, 2.75) is 13.1 Å². The van der Waals surface area contributed by atoms with Gasteiger partial charge in [-0.3, -0.25) is 0 Å². The van der Waals surface area contributed by atoms with Crippen LogP contribution in [0.3, 0.4) is 0 Å². The molecule has 0 saturated carbocycles. The first-order valence-electron chi connectivity index (χ1n) is 3.30. The average Bonchev–Trinajstić information content (AvgIpc) is 1.88. The lowest BCUT2D eigenvalue weighted by atomic mass is 10.3.